The molecule has 21 heavy (non-hydrogen) atoms. The van der Waals surface area contributed by atoms with Crippen LogP contribution in [0.1, 0.15) is 17.2 Å². The van der Waals surface area contributed by atoms with Gasteiger partial charge in [-0.15, -0.1) is 0 Å². The summed E-state index contributed by atoms with van der Waals surface area (Å²) < 4.78 is 10.7. The fourth-order valence-electron chi connectivity index (χ4n) is 2.88. The van der Waals surface area contributed by atoms with Gasteiger partial charge in [-0.2, -0.15) is 0 Å². The lowest BCUT2D eigenvalue weighted by atomic mass is 9.96. The molecule has 0 amide bonds. The Bertz CT molecular complexity index is 625. The summed E-state index contributed by atoms with van der Waals surface area (Å²) in [6.45, 7) is 0.820. The quantitative estimate of drug-likeness (QED) is 0.629. The smallest absolute Gasteiger partial charge is 0.144 e. The van der Waals surface area contributed by atoms with E-state index >= 15 is 0 Å². The second kappa shape index (κ2) is 5.39. The van der Waals surface area contributed by atoms with E-state index in [9.17, 15) is 5.21 Å². The monoisotopic (exact) mass is 285 g/mol. The minimum atomic E-state index is -0.372. The molecule has 2 unspecified atom stereocenters. The molecule has 110 valence electrons. The number of likely N-dealkylation sites (N-methyl/N-ethyl adjacent to an activating group) is 1. The average molecular weight is 285 g/mol. The Balaban J connectivity index is 2.15. The molecule has 1 aliphatic rings. The van der Waals surface area contributed by atoms with Crippen LogP contribution in [0, 0.1) is 5.21 Å². The summed E-state index contributed by atoms with van der Waals surface area (Å²) in [7, 11) is 3.33. The number of benzene rings is 2. The predicted molar refractivity (Wildman–Crippen MR) is 81.2 cm³/mol. The Morgan fingerprint density at radius 3 is 2.67 bits per heavy atom. The Kier molecular flexibility index (Phi) is 3.57. The Labute approximate surface area is 124 Å². The fourth-order valence-corrected chi connectivity index (χ4v) is 2.88. The zero-order chi connectivity index (χ0) is 14.9. The third kappa shape index (κ3) is 2.60. The fraction of sp³-hybridized carbons (Fsp3) is 0.294. The van der Waals surface area contributed by atoms with Crippen molar-refractivity contribution in [2.75, 3.05) is 27.3 Å². The SMILES string of the molecule is COc1ccc2c(c1)OCC[N+](C)([O-])C2c1ccccc1. The number of rotatable bonds is 2. The van der Waals surface area contributed by atoms with Gasteiger partial charge in [-0.25, -0.2) is 0 Å². The van der Waals surface area contributed by atoms with Crippen LogP contribution in [0.3, 0.4) is 0 Å². The molecular weight excluding hydrogens is 266 g/mol. The van der Waals surface area contributed by atoms with Crippen LogP contribution >= 0.6 is 0 Å². The van der Waals surface area contributed by atoms with Crippen LogP contribution in [0.4, 0.5) is 0 Å². The van der Waals surface area contributed by atoms with Gasteiger partial charge in [0.1, 0.15) is 30.7 Å². The zero-order valence-corrected chi connectivity index (χ0v) is 12.3. The maximum absolute atomic E-state index is 13.0. The van der Waals surface area contributed by atoms with Crippen molar-refractivity contribution in [1.29, 1.82) is 0 Å². The molecule has 0 radical (unpaired) electrons. The molecule has 1 heterocycles. The van der Waals surface area contributed by atoms with Crippen molar-refractivity contribution in [3.05, 3.63) is 64.9 Å². The highest BCUT2D eigenvalue weighted by atomic mass is 16.6. The first kappa shape index (κ1) is 13.9. The molecule has 0 aliphatic carbocycles. The van der Waals surface area contributed by atoms with Crippen LogP contribution in [0.25, 0.3) is 0 Å². The molecule has 4 heteroatoms. The molecule has 0 spiro atoms. The van der Waals surface area contributed by atoms with Crippen LogP contribution in [-0.4, -0.2) is 32.0 Å². The van der Waals surface area contributed by atoms with Gasteiger partial charge in [0.05, 0.1) is 19.7 Å². The van der Waals surface area contributed by atoms with Crippen LogP contribution in [0.2, 0.25) is 0 Å². The number of hydroxylamine groups is 3. The standard InChI is InChI=1S/C17H19NO3/c1-18(19)10-11-21-16-12-14(20-2)8-9-15(16)17(18)13-6-4-3-5-7-13/h3-9,12,17H,10-11H2,1-2H3. The molecule has 0 fully saturated rings. The number of hydrogen-bond acceptors (Lipinski definition) is 3. The van der Waals surface area contributed by atoms with Crippen LogP contribution in [-0.2, 0) is 0 Å². The van der Waals surface area contributed by atoms with Gasteiger partial charge in [-0.05, 0) is 12.1 Å². The van der Waals surface area contributed by atoms with Gasteiger partial charge in [-0.1, -0.05) is 30.3 Å². The summed E-state index contributed by atoms with van der Waals surface area (Å²) in [6, 6.07) is 15.3. The van der Waals surface area contributed by atoms with Crippen molar-refractivity contribution < 1.29 is 14.1 Å². The van der Waals surface area contributed by atoms with Gasteiger partial charge < -0.3 is 19.3 Å². The minimum Gasteiger partial charge on any atom is -0.632 e. The van der Waals surface area contributed by atoms with E-state index in [-0.39, 0.29) is 10.7 Å². The first-order valence-corrected chi connectivity index (χ1v) is 7.04. The van der Waals surface area contributed by atoms with E-state index in [0.717, 1.165) is 22.6 Å². The number of methoxy groups -OCH3 is 1. The van der Waals surface area contributed by atoms with Crippen molar-refractivity contribution in [2.45, 2.75) is 6.04 Å². The van der Waals surface area contributed by atoms with Gasteiger partial charge in [0, 0.05) is 11.6 Å². The van der Waals surface area contributed by atoms with E-state index in [1.807, 2.05) is 48.5 Å². The molecule has 0 saturated heterocycles. The first-order valence-electron chi connectivity index (χ1n) is 7.04. The number of quaternary nitrogens is 1. The summed E-state index contributed by atoms with van der Waals surface area (Å²) >= 11 is 0. The van der Waals surface area contributed by atoms with Crippen LogP contribution in [0.5, 0.6) is 11.5 Å². The largest absolute Gasteiger partial charge is 0.632 e. The molecule has 0 N–H and O–H groups in total. The molecule has 2 atom stereocenters. The molecule has 2 aromatic carbocycles. The lowest BCUT2D eigenvalue weighted by molar-refractivity contribution is -0.885. The summed E-state index contributed by atoms with van der Waals surface area (Å²) in [5.41, 5.74) is 1.92. The number of nitrogens with zero attached hydrogens (tertiary/aromatic N) is 1. The third-order valence-corrected chi connectivity index (χ3v) is 3.97. The first-order chi connectivity index (χ1) is 10.1. The number of ether oxygens (including phenoxy) is 2. The molecule has 0 aromatic heterocycles. The molecule has 1 aliphatic heterocycles. The van der Waals surface area contributed by atoms with Crippen molar-refractivity contribution in [3.63, 3.8) is 0 Å². The van der Waals surface area contributed by atoms with Crippen LogP contribution < -0.4 is 9.47 Å². The van der Waals surface area contributed by atoms with E-state index < -0.39 is 0 Å². The van der Waals surface area contributed by atoms with Gasteiger partial charge in [0.25, 0.3) is 0 Å². The minimum absolute atomic E-state index is 0.283. The Morgan fingerprint density at radius 1 is 1.19 bits per heavy atom. The van der Waals surface area contributed by atoms with Gasteiger partial charge in [-0.3, -0.25) is 0 Å². The van der Waals surface area contributed by atoms with Crippen molar-refractivity contribution in [3.8, 4) is 11.5 Å². The highest BCUT2D eigenvalue weighted by Gasteiger charge is 2.33. The van der Waals surface area contributed by atoms with Crippen molar-refractivity contribution in [1.82, 2.24) is 0 Å². The average Bonchev–Trinajstić information content (AvgIpc) is 2.62. The van der Waals surface area contributed by atoms with E-state index in [1.165, 1.54) is 0 Å². The lowest BCUT2D eigenvalue weighted by Crippen LogP contribution is -2.43. The van der Waals surface area contributed by atoms with E-state index in [0.29, 0.717) is 13.2 Å². The van der Waals surface area contributed by atoms with E-state index in [2.05, 4.69) is 0 Å². The Morgan fingerprint density at radius 2 is 1.95 bits per heavy atom. The zero-order valence-electron chi connectivity index (χ0n) is 12.3. The van der Waals surface area contributed by atoms with Crippen molar-refractivity contribution >= 4 is 0 Å². The Hall–Kier alpha value is -2.04. The van der Waals surface area contributed by atoms with Crippen molar-refractivity contribution in [2.24, 2.45) is 0 Å². The second-order valence-electron chi connectivity index (χ2n) is 5.46. The van der Waals surface area contributed by atoms with E-state index in [4.69, 9.17) is 9.47 Å². The second-order valence-corrected chi connectivity index (χ2v) is 5.46. The number of hydrogen-bond donors (Lipinski definition) is 0. The summed E-state index contributed by atoms with van der Waals surface area (Å²) in [5, 5.41) is 13.0. The predicted octanol–water partition coefficient (Wildman–Crippen LogP) is 3.12. The summed E-state index contributed by atoms with van der Waals surface area (Å²) in [4.78, 5) is 0. The van der Waals surface area contributed by atoms with Gasteiger partial charge >= 0.3 is 0 Å². The molecule has 3 rings (SSSR count). The van der Waals surface area contributed by atoms with E-state index in [1.54, 1.807) is 14.2 Å². The normalized spacial score (nSPS) is 24.6. The molecule has 4 nitrogen and oxygen atoms in total. The third-order valence-electron chi connectivity index (χ3n) is 3.97. The highest BCUT2D eigenvalue weighted by molar-refractivity contribution is 5.45. The maximum atomic E-state index is 13.0. The van der Waals surface area contributed by atoms with Gasteiger partial charge in [0.15, 0.2) is 0 Å². The highest BCUT2D eigenvalue weighted by Crippen LogP contribution is 2.41. The molecule has 2 aromatic rings. The summed E-state index contributed by atoms with van der Waals surface area (Å²) in [6.07, 6.45) is 0. The molecule has 0 saturated carbocycles. The van der Waals surface area contributed by atoms with Crippen LogP contribution in [0.15, 0.2) is 48.5 Å². The van der Waals surface area contributed by atoms with Gasteiger partial charge in [0.2, 0.25) is 0 Å². The molecule has 0 bridgehead atoms. The molecular formula is C17H19NO3. The lowest BCUT2D eigenvalue weighted by Gasteiger charge is -2.44. The maximum Gasteiger partial charge on any atom is 0.144 e. The summed E-state index contributed by atoms with van der Waals surface area (Å²) in [5.74, 6) is 1.48. The number of fused-ring (bicyclic) bond motifs is 1. The topological polar surface area (TPSA) is 41.5 Å².